The lowest BCUT2D eigenvalue weighted by Gasteiger charge is -2.05. The Bertz CT molecular complexity index is 559. The van der Waals surface area contributed by atoms with E-state index in [1.165, 1.54) is 24.4 Å². The van der Waals surface area contributed by atoms with Crippen LogP contribution in [0.25, 0.3) is 0 Å². The van der Waals surface area contributed by atoms with Crippen molar-refractivity contribution in [2.45, 2.75) is 0 Å². The Labute approximate surface area is 101 Å². The minimum atomic E-state index is -0.626. The van der Waals surface area contributed by atoms with Gasteiger partial charge in [-0.25, -0.2) is 10.2 Å². The number of nitrogens with two attached hydrogens (primary N) is 1. The minimum absolute atomic E-state index is 0.0258. The minimum Gasteiger partial charge on any atom is -0.318 e. The first-order chi connectivity index (χ1) is 8.70. The molecule has 7 nitrogen and oxygen atoms in total. The van der Waals surface area contributed by atoms with Crippen molar-refractivity contribution in [3.8, 4) is 0 Å². The number of pyridine rings is 1. The highest BCUT2D eigenvalue weighted by atomic mass is 19.1. The van der Waals surface area contributed by atoms with E-state index in [1.807, 2.05) is 0 Å². The number of carbonyl (C=O) groups excluding carboxylic acids is 1. The van der Waals surface area contributed by atoms with E-state index < -0.39 is 11.7 Å². The average Bonchev–Trinajstić information content (AvgIpc) is 2.41. The maximum absolute atomic E-state index is 13.2. The van der Waals surface area contributed by atoms with Gasteiger partial charge >= 0.3 is 0 Å². The van der Waals surface area contributed by atoms with Crippen LogP contribution < -0.4 is 16.6 Å². The van der Waals surface area contributed by atoms with Crippen LogP contribution in [0.1, 0.15) is 10.5 Å². The largest absolute Gasteiger partial charge is 0.318 e. The number of hydrogen-bond acceptors (Lipinski definition) is 6. The number of halogens is 1. The van der Waals surface area contributed by atoms with Crippen LogP contribution in [0.4, 0.5) is 15.9 Å². The number of nitrogens with one attached hydrogen (secondary N) is 2. The van der Waals surface area contributed by atoms with Gasteiger partial charge in [0, 0.05) is 6.20 Å². The zero-order chi connectivity index (χ0) is 13.0. The van der Waals surface area contributed by atoms with Crippen molar-refractivity contribution in [1.82, 2.24) is 15.2 Å². The van der Waals surface area contributed by atoms with E-state index in [1.54, 1.807) is 0 Å². The highest BCUT2D eigenvalue weighted by molar-refractivity contribution is 6.02. The van der Waals surface area contributed by atoms with Crippen molar-refractivity contribution in [2.75, 3.05) is 10.7 Å². The average molecular weight is 248 g/mol. The van der Waals surface area contributed by atoms with Crippen molar-refractivity contribution in [3.63, 3.8) is 0 Å². The molecular weight excluding hydrogens is 239 g/mol. The first-order valence-corrected chi connectivity index (χ1v) is 4.92. The van der Waals surface area contributed by atoms with Crippen LogP contribution in [0.3, 0.4) is 0 Å². The summed E-state index contributed by atoms with van der Waals surface area (Å²) in [4.78, 5) is 15.3. The molecule has 0 aliphatic heterocycles. The normalized spacial score (nSPS) is 9.89. The van der Waals surface area contributed by atoms with Crippen molar-refractivity contribution in [2.24, 2.45) is 5.84 Å². The van der Waals surface area contributed by atoms with Crippen molar-refractivity contribution in [3.05, 3.63) is 42.1 Å². The van der Waals surface area contributed by atoms with Crippen molar-refractivity contribution >= 4 is 17.4 Å². The van der Waals surface area contributed by atoms with E-state index in [0.29, 0.717) is 5.82 Å². The molecule has 0 aliphatic carbocycles. The monoisotopic (exact) mass is 248 g/mol. The third-order valence-electron chi connectivity index (χ3n) is 2.07. The number of carbonyl (C=O) groups is 1. The molecule has 2 aromatic rings. The number of nitrogen functional groups attached to an aromatic ring is 1. The van der Waals surface area contributed by atoms with Crippen LogP contribution >= 0.6 is 0 Å². The summed E-state index contributed by atoms with van der Waals surface area (Å²) in [6.45, 7) is 0. The van der Waals surface area contributed by atoms with Crippen molar-refractivity contribution in [1.29, 1.82) is 0 Å². The van der Waals surface area contributed by atoms with Gasteiger partial charge in [0.15, 0.2) is 17.3 Å². The predicted molar refractivity (Wildman–Crippen MR) is 62.0 cm³/mol. The Morgan fingerprint density at radius 3 is 2.72 bits per heavy atom. The molecule has 0 fully saturated rings. The maximum Gasteiger partial charge on any atom is 0.276 e. The maximum atomic E-state index is 13.2. The van der Waals surface area contributed by atoms with Gasteiger partial charge in [0.1, 0.15) is 0 Å². The summed E-state index contributed by atoms with van der Waals surface area (Å²) in [5, 5.41) is 9.62. The molecule has 0 spiro atoms. The lowest BCUT2D eigenvalue weighted by Crippen LogP contribution is -2.16. The molecule has 0 bridgehead atoms. The van der Waals surface area contributed by atoms with Gasteiger partial charge < -0.3 is 10.7 Å². The molecule has 0 saturated heterocycles. The highest BCUT2D eigenvalue weighted by Crippen LogP contribution is 2.12. The van der Waals surface area contributed by atoms with Gasteiger partial charge in [-0.15, -0.1) is 10.2 Å². The molecule has 2 heterocycles. The number of nitrogens with zero attached hydrogens (tertiary/aromatic N) is 3. The van der Waals surface area contributed by atoms with Gasteiger partial charge in [0.2, 0.25) is 0 Å². The molecule has 1 amide bonds. The molecular formula is C10H9FN6O. The molecule has 0 aromatic carbocycles. The number of aromatic nitrogens is 3. The van der Waals surface area contributed by atoms with Crippen LogP contribution in [0.15, 0.2) is 30.6 Å². The van der Waals surface area contributed by atoms with Crippen molar-refractivity contribution < 1.29 is 9.18 Å². The number of hydrogen-bond donors (Lipinski definition) is 3. The molecule has 18 heavy (non-hydrogen) atoms. The Kier molecular flexibility index (Phi) is 3.39. The van der Waals surface area contributed by atoms with Gasteiger partial charge in [-0.05, 0) is 18.2 Å². The summed E-state index contributed by atoms with van der Waals surface area (Å²) >= 11 is 0. The van der Waals surface area contributed by atoms with Gasteiger partial charge in [-0.3, -0.25) is 9.78 Å². The molecule has 2 rings (SSSR count). The quantitative estimate of drug-likeness (QED) is 0.541. The second-order valence-electron chi connectivity index (χ2n) is 3.26. The fourth-order valence-corrected chi connectivity index (χ4v) is 1.19. The van der Waals surface area contributed by atoms with Crippen LogP contribution in [0.2, 0.25) is 0 Å². The van der Waals surface area contributed by atoms with E-state index in [2.05, 4.69) is 25.9 Å². The second-order valence-corrected chi connectivity index (χ2v) is 3.26. The standard InChI is InChI=1S/C10H9FN6O/c11-6-5-13-4-3-7(6)14-10(18)8-1-2-9(15-12)17-16-8/h1-5H,12H2,(H,15,17)(H,13,14,18). The lowest BCUT2D eigenvalue weighted by atomic mass is 10.3. The Hall–Kier alpha value is -2.61. The number of hydrazine groups is 1. The third kappa shape index (κ3) is 2.55. The van der Waals surface area contributed by atoms with E-state index >= 15 is 0 Å². The van der Waals surface area contributed by atoms with E-state index in [4.69, 9.17) is 5.84 Å². The summed E-state index contributed by atoms with van der Waals surface area (Å²) in [5.41, 5.74) is 2.35. The number of anilines is 2. The molecule has 0 atom stereocenters. The Morgan fingerprint density at radius 1 is 1.28 bits per heavy atom. The number of amides is 1. The lowest BCUT2D eigenvalue weighted by molar-refractivity contribution is 0.102. The predicted octanol–water partition coefficient (Wildman–Crippen LogP) is 0.549. The van der Waals surface area contributed by atoms with E-state index in [0.717, 1.165) is 6.20 Å². The molecule has 8 heteroatoms. The Balaban J connectivity index is 2.14. The summed E-state index contributed by atoms with van der Waals surface area (Å²) in [7, 11) is 0. The van der Waals surface area contributed by atoms with Crippen LogP contribution in [0.5, 0.6) is 0 Å². The van der Waals surface area contributed by atoms with Gasteiger partial charge in [-0.1, -0.05) is 0 Å². The molecule has 2 aromatic heterocycles. The molecule has 92 valence electrons. The first kappa shape index (κ1) is 11.9. The molecule has 0 saturated carbocycles. The zero-order valence-corrected chi connectivity index (χ0v) is 9.09. The Morgan fingerprint density at radius 2 is 2.11 bits per heavy atom. The second kappa shape index (κ2) is 5.15. The van der Waals surface area contributed by atoms with Gasteiger partial charge in [0.05, 0.1) is 11.9 Å². The fraction of sp³-hybridized carbons (Fsp3) is 0. The summed E-state index contributed by atoms with van der Waals surface area (Å²) in [6, 6.07) is 4.23. The SMILES string of the molecule is NNc1ccc(C(=O)Nc2ccncc2F)nn1. The number of rotatable bonds is 3. The first-order valence-electron chi connectivity index (χ1n) is 4.92. The summed E-state index contributed by atoms with van der Waals surface area (Å²) in [6.07, 6.45) is 2.37. The third-order valence-corrected chi connectivity index (χ3v) is 2.07. The zero-order valence-electron chi connectivity index (χ0n) is 9.09. The summed E-state index contributed by atoms with van der Waals surface area (Å²) in [5.74, 6) is 4.23. The van der Waals surface area contributed by atoms with E-state index in [9.17, 15) is 9.18 Å². The van der Waals surface area contributed by atoms with Crippen LogP contribution in [-0.2, 0) is 0 Å². The fourth-order valence-electron chi connectivity index (χ4n) is 1.19. The molecule has 4 N–H and O–H groups in total. The smallest absolute Gasteiger partial charge is 0.276 e. The summed E-state index contributed by atoms with van der Waals surface area (Å²) < 4.78 is 13.2. The topological polar surface area (TPSA) is 106 Å². The van der Waals surface area contributed by atoms with Gasteiger partial charge in [-0.2, -0.15) is 0 Å². The molecule has 0 aliphatic rings. The van der Waals surface area contributed by atoms with Crippen LogP contribution in [0, 0.1) is 5.82 Å². The van der Waals surface area contributed by atoms with E-state index in [-0.39, 0.29) is 11.4 Å². The van der Waals surface area contributed by atoms with Gasteiger partial charge in [0.25, 0.3) is 5.91 Å². The van der Waals surface area contributed by atoms with Crippen LogP contribution in [-0.4, -0.2) is 21.1 Å². The molecule has 0 unspecified atom stereocenters. The highest BCUT2D eigenvalue weighted by Gasteiger charge is 2.10. The molecule has 0 radical (unpaired) electrons.